The summed E-state index contributed by atoms with van der Waals surface area (Å²) < 4.78 is 16.8. The molecule has 0 radical (unpaired) electrons. The zero-order valence-electron chi connectivity index (χ0n) is 16.1. The van der Waals surface area contributed by atoms with E-state index in [1.165, 1.54) is 12.1 Å². The van der Waals surface area contributed by atoms with Crippen LogP contribution in [0.2, 0.25) is 0 Å². The van der Waals surface area contributed by atoms with Crippen LogP contribution in [0.4, 0.5) is 9.18 Å². The monoisotopic (exact) mass is 384 g/mol. The van der Waals surface area contributed by atoms with Crippen LogP contribution in [0.5, 0.6) is 0 Å². The number of cyclic esters (lactones) is 1. The van der Waals surface area contributed by atoms with Crippen molar-refractivity contribution in [1.29, 1.82) is 0 Å². The molecule has 28 heavy (non-hydrogen) atoms. The standard InChI is InChI=1S/C14H14N2O3.C6H5F.C2H6/c17-12-4-9(5-12)1-2-10-3-11(7-15-6-10)13-8-19-14(18)16-13;7-6-4-2-1-3-5-6;1-2/h3,6-7,9,12-13,17H,4-5,8H2,(H,16,18);1-5H;1-2H3. The van der Waals surface area contributed by atoms with E-state index in [-0.39, 0.29) is 23.9 Å². The number of hydrogen-bond acceptors (Lipinski definition) is 4. The second-order valence-electron chi connectivity index (χ2n) is 6.19. The van der Waals surface area contributed by atoms with Gasteiger partial charge in [0.05, 0.1) is 12.1 Å². The van der Waals surface area contributed by atoms with Crippen LogP contribution in [0, 0.1) is 23.6 Å². The topological polar surface area (TPSA) is 71.5 Å². The number of carbonyl (C=O) groups excluding carboxylic acids is 1. The number of nitrogens with one attached hydrogen (secondary N) is 1. The molecular weight excluding hydrogens is 359 g/mol. The summed E-state index contributed by atoms with van der Waals surface area (Å²) in [4.78, 5) is 15.1. The van der Waals surface area contributed by atoms with Gasteiger partial charge in [0.15, 0.2) is 0 Å². The molecule has 1 aliphatic heterocycles. The first kappa shape index (κ1) is 21.4. The number of aliphatic hydroxyl groups is 1. The smallest absolute Gasteiger partial charge is 0.407 e. The molecule has 4 rings (SSSR count). The van der Waals surface area contributed by atoms with Gasteiger partial charge in [-0.15, -0.1) is 0 Å². The highest BCUT2D eigenvalue weighted by Crippen LogP contribution is 2.26. The summed E-state index contributed by atoms with van der Waals surface area (Å²) in [7, 11) is 0. The Morgan fingerprint density at radius 3 is 2.46 bits per heavy atom. The summed E-state index contributed by atoms with van der Waals surface area (Å²) >= 11 is 0. The summed E-state index contributed by atoms with van der Waals surface area (Å²) in [5.41, 5.74) is 1.71. The number of halogens is 1. The van der Waals surface area contributed by atoms with Crippen LogP contribution in [-0.4, -0.2) is 28.9 Å². The van der Waals surface area contributed by atoms with E-state index in [1.807, 2.05) is 19.9 Å². The predicted octanol–water partition coefficient (Wildman–Crippen LogP) is 3.84. The number of nitrogens with zero attached hydrogens (tertiary/aromatic N) is 1. The van der Waals surface area contributed by atoms with Crippen LogP contribution in [0.3, 0.4) is 0 Å². The minimum absolute atomic E-state index is 0.146. The van der Waals surface area contributed by atoms with Crippen molar-refractivity contribution >= 4 is 6.09 Å². The molecule has 1 aromatic carbocycles. The molecule has 1 atom stereocenters. The third-order valence-corrected chi connectivity index (χ3v) is 4.10. The summed E-state index contributed by atoms with van der Waals surface area (Å²) in [6.45, 7) is 4.33. The number of aromatic nitrogens is 1. The fraction of sp³-hybridized carbons (Fsp3) is 0.364. The number of benzene rings is 1. The summed E-state index contributed by atoms with van der Waals surface area (Å²) in [5.74, 6) is 6.30. The Hall–Kier alpha value is -2.91. The van der Waals surface area contributed by atoms with Crippen molar-refractivity contribution in [3.05, 3.63) is 65.7 Å². The number of carbonyl (C=O) groups is 1. The highest BCUT2D eigenvalue weighted by molar-refractivity contribution is 5.70. The predicted molar refractivity (Wildman–Crippen MR) is 105 cm³/mol. The molecule has 1 saturated carbocycles. The minimum Gasteiger partial charge on any atom is -0.447 e. The zero-order valence-corrected chi connectivity index (χ0v) is 16.1. The average molecular weight is 384 g/mol. The van der Waals surface area contributed by atoms with Crippen molar-refractivity contribution in [2.75, 3.05) is 6.61 Å². The van der Waals surface area contributed by atoms with Crippen LogP contribution >= 0.6 is 0 Å². The van der Waals surface area contributed by atoms with E-state index in [4.69, 9.17) is 4.74 Å². The molecule has 148 valence electrons. The summed E-state index contributed by atoms with van der Waals surface area (Å²) in [6, 6.07) is 9.70. The molecule has 1 amide bonds. The van der Waals surface area contributed by atoms with Crippen molar-refractivity contribution in [2.45, 2.75) is 38.8 Å². The third kappa shape index (κ3) is 6.67. The molecule has 0 bridgehead atoms. The maximum absolute atomic E-state index is 11.9. The fourth-order valence-corrected chi connectivity index (χ4v) is 2.59. The number of alkyl carbamates (subject to hydrolysis) is 1. The van der Waals surface area contributed by atoms with Gasteiger partial charge in [0, 0.05) is 23.9 Å². The lowest BCUT2D eigenvalue weighted by Crippen LogP contribution is -2.26. The first-order chi connectivity index (χ1) is 13.6. The number of amides is 1. The summed E-state index contributed by atoms with van der Waals surface area (Å²) in [6.07, 6.45) is 4.33. The summed E-state index contributed by atoms with van der Waals surface area (Å²) in [5, 5.41) is 11.9. The average Bonchev–Trinajstić information content (AvgIpc) is 3.14. The Morgan fingerprint density at radius 2 is 1.93 bits per heavy atom. The van der Waals surface area contributed by atoms with Crippen molar-refractivity contribution in [1.82, 2.24) is 10.3 Å². The molecule has 1 aliphatic carbocycles. The van der Waals surface area contributed by atoms with Gasteiger partial charge in [0.2, 0.25) is 0 Å². The normalized spacial score (nSPS) is 21.9. The number of rotatable bonds is 1. The Labute approximate surface area is 165 Å². The quantitative estimate of drug-likeness (QED) is 0.733. The first-order valence-corrected chi connectivity index (χ1v) is 9.38. The van der Waals surface area contributed by atoms with Gasteiger partial charge in [-0.25, -0.2) is 9.18 Å². The highest BCUT2D eigenvalue weighted by atomic mass is 19.1. The van der Waals surface area contributed by atoms with Crippen LogP contribution in [0.15, 0.2) is 48.8 Å². The second-order valence-corrected chi connectivity index (χ2v) is 6.19. The SMILES string of the molecule is CC.Fc1ccccc1.O=C1NC(c2cncc(C#CC3CC(O)C3)c2)CO1. The van der Waals surface area contributed by atoms with Gasteiger partial charge in [0.25, 0.3) is 0 Å². The van der Waals surface area contributed by atoms with Crippen LogP contribution in [-0.2, 0) is 4.74 Å². The number of pyridine rings is 1. The molecule has 0 spiro atoms. The molecule has 5 nitrogen and oxygen atoms in total. The molecule has 2 heterocycles. The van der Waals surface area contributed by atoms with E-state index in [1.54, 1.807) is 30.6 Å². The lowest BCUT2D eigenvalue weighted by atomic mass is 9.83. The molecule has 2 aliphatic rings. The van der Waals surface area contributed by atoms with Gasteiger partial charge in [-0.1, -0.05) is 43.9 Å². The van der Waals surface area contributed by atoms with E-state index in [0.717, 1.165) is 24.0 Å². The van der Waals surface area contributed by atoms with Crippen LogP contribution in [0.1, 0.15) is 43.9 Å². The molecule has 1 aromatic heterocycles. The molecule has 2 aromatic rings. The Balaban J connectivity index is 0.000000261. The first-order valence-electron chi connectivity index (χ1n) is 9.38. The zero-order chi connectivity index (χ0) is 20.4. The van der Waals surface area contributed by atoms with Crippen molar-refractivity contribution in [3.63, 3.8) is 0 Å². The maximum atomic E-state index is 11.9. The van der Waals surface area contributed by atoms with Crippen molar-refractivity contribution in [3.8, 4) is 11.8 Å². The van der Waals surface area contributed by atoms with Crippen LogP contribution in [0.25, 0.3) is 0 Å². The molecule has 1 saturated heterocycles. The molecule has 1 unspecified atom stereocenters. The van der Waals surface area contributed by atoms with E-state index >= 15 is 0 Å². The third-order valence-electron chi connectivity index (χ3n) is 4.10. The molecule has 2 fully saturated rings. The largest absolute Gasteiger partial charge is 0.447 e. The van der Waals surface area contributed by atoms with Gasteiger partial charge in [0.1, 0.15) is 12.4 Å². The van der Waals surface area contributed by atoms with Crippen molar-refractivity contribution < 1.29 is 19.0 Å². The second kappa shape index (κ2) is 11.1. The van der Waals surface area contributed by atoms with E-state index < -0.39 is 6.09 Å². The molecular formula is C22H25FN2O3. The van der Waals surface area contributed by atoms with Gasteiger partial charge in [-0.05, 0) is 36.6 Å². The minimum atomic E-state index is -0.398. The van der Waals surface area contributed by atoms with E-state index in [9.17, 15) is 14.3 Å². The van der Waals surface area contributed by atoms with Crippen molar-refractivity contribution in [2.24, 2.45) is 5.92 Å². The fourth-order valence-electron chi connectivity index (χ4n) is 2.59. The van der Waals surface area contributed by atoms with E-state index in [2.05, 4.69) is 22.1 Å². The van der Waals surface area contributed by atoms with Gasteiger partial charge in [-0.2, -0.15) is 0 Å². The lowest BCUT2D eigenvalue weighted by molar-refractivity contribution is 0.0665. The number of hydrogen-bond donors (Lipinski definition) is 2. The van der Waals surface area contributed by atoms with Gasteiger partial charge >= 0.3 is 6.09 Å². The number of ether oxygens (including phenoxy) is 1. The molecule has 6 heteroatoms. The van der Waals surface area contributed by atoms with Gasteiger partial charge in [-0.3, -0.25) is 4.98 Å². The Bertz CT molecular complexity index is 811. The molecule has 2 N–H and O–H groups in total. The Morgan fingerprint density at radius 1 is 1.21 bits per heavy atom. The van der Waals surface area contributed by atoms with E-state index in [0.29, 0.717) is 6.61 Å². The highest BCUT2D eigenvalue weighted by Gasteiger charge is 2.25. The lowest BCUT2D eigenvalue weighted by Gasteiger charge is -2.26. The maximum Gasteiger partial charge on any atom is 0.407 e. The van der Waals surface area contributed by atoms with Crippen LogP contribution < -0.4 is 5.32 Å². The van der Waals surface area contributed by atoms with Gasteiger partial charge < -0.3 is 15.2 Å². The Kier molecular flexibility index (Phi) is 8.44. The number of aliphatic hydroxyl groups excluding tert-OH is 1.